The lowest BCUT2D eigenvalue weighted by atomic mass is 9.95. The van der Waals surface area contributed by atoms with Gasteiger partial charge in [-0.2, -0.15) is 13.2 Å². The first-order chi connectivity index (χ1) is 13.7. The van der Waals surface area contributed by atoms with E-state index in [1.54, 1.807) is 18.2 Å². The number of carbonyl (C=O) groups excluding carboxylic acids is 1. The Labute approximate surface area is 171 Å². The summed E-state index contributed by atoms with van der Waals surface area (Å²) in [6.45, 7) is 1.79. The van der Waals surface area contributed by atoms with Gasteiger partial charge in [0.15, 0.2) is 0 Å². The quantitative estimate of drug-likeness (QED) is 0.678. The number of carbonyl (C=O) groups is 1. The van der Waals surface area contributed by atoms with E-state index >= 15 is 0 Å². The first-order valence-corrected chi connectivity index (χ1v) is 9.70. The topological polar surface area (TPSA) is 32.3 Å². The van der Waals surface area contributed by atoms with Crippen molar-refractivity contribution < 1.29 is 22.4 Å². The van der Waals surface area contributed by atoms with Crippen molar-refractivity contribution in [3.05, 3.63) is 70.0 Å². The van der Waals surface area contributed by atoms with E-state index in [0.717, 1.165) is 12.1 Å². The van der Waals surface area contributed by atoms with Crippen molar-refractivity contribution >= 4 is 17.5 Å². The zero-order valence-electron chi connectivity index (χ0n) is 15.6. The third-order valence-electron chi connectivity index (χ3n) is 5.09. The lowest BCUT2D eigenvalue weighted by Crippen LogP contribution is -2.40. The Balaban J connectivity index is 1.48. The highest BCUT2D eigenvalue weighted by Crippen LogP contribution is 2.29. The molecular weight excluding hydrogens is 408 g/mol. The lowest BCUT2D eigenvalue weighted by molar-refractivity contribution is -0.137. The van der Waals surface area contributed by atoms with Crippen LogP contribution in [0.2, 0.25) is 5.02 Å². The van der Waals surface area contributed by atoms with Crippen molar-refractivity contribution in [2.24, 2.45) is 5.92 Å². The summed E-state index contributed by atoms with van der Waals surface area (Å²) in [4.78, 5) is 14.5. The summed E-state index contributed by atoms with van der Waals surface area (Å²) in [5.74, 6) is -0.717. The van der Waals surface area contributed by atoms with Gasteiger partial charge in [0.05, 0.1) is 5.56 Å². The van der Waals surface area contributed by atoms with Crippen molar-refractivity contribution in [2.45, 2.75) is 32.1 Å². The monoisotopic (exact) mass is 428 g/mol. The Hall–Kier alpha value is -2.12. The third kappa shape index (κ3) is 5.93. The van der Waals surface area contributed by atoms with Gasteiger partial charge in [0.1, 0.15) is 5.82 Å². The molecule has 0 spiro atoms. The van der Waals surface area contributed by atoms with Crippen LogP contribution >= 0.6 is 11.6 Å². The fourth-order valence-electron chi connectivity index (χ4n) is 3.44. The second-order valence-corrected chi connectivity index (χ2v) is 7.64. The van der Waals surface area contributed by atoms with Crippen molar-refractivity contribution in [3.63, 3.8) is 0 Å². The first-order valence-electron chi connectivity index (χ1n) is 9.32. The van der Waals surface area contributed by atoms with Crippen LogP contribution in [0.4, 0.5) is 17.6 Å². The summed E-state index contributed by atoms with van der Waals surface area (Å²) in [5.41, 5.74) is 0.234. The third-order valence-corrected chi connectivity index (χ3v) is 5.32. The van der Waals surface area contributed by atoms with Crippen molar-refractivity contribution in [1.29, 1.82) is 0 Å². The summed E-state index contributed by atoms with van der Waals surface area (Å²) in [5, 5.41) is 3.08. The zero-order chi connectivity index (χ0) is 21.0. The number of benzene rings is 2. The number of alkyl halides is 3. The van der Waals surface area contributed by atoms with Crippen molar-refractivity contribution in [3.8, 4) is 0 Å². The minimum absolute atomic E-state index is 0.0545. The molecule has 0 aliphatic carbocycles. The van der Waals surface area contributed by atoms with Crippen LogP contribution in [0.1, 0.15) is 29.5 Å². The number of nitrogens with zero attached hydrogens (tertiary/aromatic N) is 1. The van der Waals surface area contributed by atoms with Crippen LogP contribution < -0.4 is 5.32 Å². The molecule has 1 amide bonds. The molecule has 29 heavy (non-hydrogen) atoms. The van der Waals surface area contributed by atoms with Gasteiger partial charge in [-0.3, -0.25) is 9.69 Å². The molecule has 0 aromatic heterocycles. The van der Waals surface area contributed by atoms with E-state index in [0.29, 0.717) is 48.6 Å². The van der Waals surface area contributed by atoms with E-state index in [4.69, 9.17) is 11.6 Å². The number of piperidine rings is 1. The minimum Gasteiger partial charge on any atom is -0.352 e. The molecule has 156 valence electrons. The van der Waals surface area contributed by atoms with Gasteiger partial charge in [-0.15, -0.1) is 0 Å². The summed E-state index contributed by atoms with van der Waals surface area (Å²) in [6, 6.07) is 9.52. The molecule has 3 nitrogen and oxygen atoms in total. The number of hydrogen-bond donors (Lipinski definition) is 1. The molecule has 3 rings (SSSR count). The number of halogens is 5. The largest absolute Gasteiger partial charge is 0.416 e. The van der Waals surface area contributed by atoms with Crippen LogP contribution in [-0.2, 0) is 24.1 Å². The van der Waals surface area contributed by atoms with E-state index in [9.17, 15) is 22.4 Å². The molecule has 0 radical (unpaired) electrons. The molecule has 0 unspecified atom stereocenters. The van der Waals surface area contributed by atoms with Gasteiger partial charge in [0, 0.05) is 29.6 Å². The van der Waals surface area contributed by atoms with Gasteiger partial charge in [-0.1, -0.05) is 29.8 Å². The molecule has 1 aliphatic rings. The second kappa shape index (κ2) is 9.13. The molecule has 0 bridgehead atoms. The zero-order valence-corrected chi connectivity index (χ0v) is 16.4. The Morgan fingerprint density at radius 3 is 2.52 bits per heavy atom. The Bertz CT molecular complexity index is 864. The Morgan fingerprint density at radius 2 is 1.86 bits per heavy atom. The highest BCUT2D eigenvalue weighted by Gasteiger charge is 2.30. The normalized spacial score (nSPS) is 16.0. The van der Waals surface area contributed by atoms with Gasteiger partial charge in [0.25, 0.3) is 0 Å². The van der Waals surface area contributed by atoms with Gasteiger partial charge in [-0.25, -0.2) is 4.39 Å². The van der Waals surface area contributed by atoms with Gasteiger partial charge < -0.3 is 5.32 Å². The molecule has 0 saturated carbocycles. The van der Waals surface area contributed by atoms with Gasteiger partial charge in [-0.05, 0) is 55.8 Å². The second-order valence-electron chi connectivity index (χ2n) is 7.20. The number of likely N-dealkylation sites (tertiary alicyclic amines) is 1. The van der Waals surface area contributed by atoms with Crippen LogP contribution in [0.3, 0.4) is 0 Å². The number of amides is 1. The van der Waals surface area contributed by atoms with E-state index in [1.165, 1.54) is 12.1 Å². The van der Waals surface area contributed by atoms with Crippen LogP contribution in [0.5, 0.6) is 0 Å². The van der Waals surface area contributed by atoms with Crippen LogP contribution in [0, 0.1) is 11.7 Å². The first kappa shape index (κ1) is 21.6. The molecule has 2 aromatic carbocycles. The molecule has 1 fully saturated rings. The molecule has 8 heteroatoms. The predicted molar refractivity (Wildman–Crippen MR) is 103 cm³/mol. The van der Waals surface area contributed by atoms with E-state index in [1.807, 2.05) is 0 Å². The molecular formula is C21H21ClF4N2O. The summed E-state index contributed by atoms with van der Waals surface area (Å²) < 4.78 is 52.2. The van der Waals surface area contributed by atoms with Crippen LogP contribution in [-0.4, -0.2) is 23.9 Å². The van der Waals surface area contributed by atoms with Crippen molar-refractivity contribution in [1.82, 2.24) is 10.2 Å². The summed E-state index contributed by atoms with van der Waals surface area (Å²) in [7, 11) is 0. The standard InChI is InChI=1S/C21H21ClF4N2O/c22-18-5-4-16(19(23)11-18)13-28-8-6-15(7-9-28)20(29)27-12-14-2-1-3-17(10-14)21(24,25)26/h1-5,10-11,15H,6-9,12-13H2,(H,27,29). The van der Waals surface area contributed by atoms with E-state index in [2.05, 4.69) is 10.2 Å². The number of hydrogen-bond acceptors (Lipinski definition) is 2. The molecule has 2 aromatic rings. The SMILES string of the molecule is O=C(NCc1cccc(C(F)(F)F)c1)C1CCN(Cc2ccc(Cl)cc2F)CC1. The molecule has 0 atom stereocenters. The summed E-state index contributed by atoms with van der Waals surface area (Å²) >= 11 is 5.76. The van der Waals surface area contributed by atoms with E-state index < -0.39 is 11.7 Å². The fraction of sp³-hybridized carbons (Fsp3) is 0.381. The maximum absolute atomic E-state index is 13.9. The smallest absolute Gasteiger partial charge is 0.352 e. The van der Waals surface area contributed by atoms with Crippen LogP contribution in [0.15, 0.2) is 42.5 Å². The Morgan fingerprint density at radius 1 is 1.14 bits per heavy atom. The maximum Gasteiger partial charge on any atom is 0.416 e. The number of rotatable bonds is 5. The average molecular weight is 429 g/mol. The molecule has 1 heterocycles. The molecule has 1 N–H and O–H groups in total. The maximum atomic E-state index is 13.9. The van der Waals surface area contributed by atoms with Crippen LogP contribution in [0.25, 0.3) is 0 Å². The lowest BCUT2D eigenvalue weighted by Gasteiger charge is -2.31. The van der Waals surface area contributed by atoms with Crippen molar-refractivity contribution in [2.75, 3.05) is 13.1 Å². The highest BCUT2D eigenvalue weighted by molar-refractivity contribution is 6.30. The van der Waals surface area contributed by atoms with E-state index in [-0.39, 0.29) is 24.2 Å². The van der Waals surface area contributed by atoms with Gasteiger partial charge >= 0.3 is 6.18 Å². The average Bonchev–Trinajstić information content (AvgIpc) is 2.68. The number of nitrogens with one attached hydrogen (secondary N) is 1. The summed E-state index contributed by atoms with van der Waals surface area (Å²) in [6.07, 6.45) is -3.18. The predicted octanol–water partition coefficient (Wildman–Crippen LogP) is 5.03. The minimum atomic E-state index is -4.41. The molecule has 1 saturated heterocycles. The highest BCUT2D eigenvalue weighted by atomic mass is 35.5. The molecule has 1 aliphatic heterocycles. The Kier molecular flexibility index (Phi) is 6.80. The van der Waals surface area contributed by atoms with Gasteiger partial charge in [0.2, 0.25) is 5.91 Å². The fourth-order valence-corrected chi connectivity index (χ4v) is 3.59.